The molecule has 0 saturated carbocycles. The number of hydrogen-bond donors (Lipinski definition) is 3. The summed E-state index contributed by atoms with van der Waals surface area (Å²) in [6.07, 6.45) is -0.432. The van der Waals surface area contributed by atoms with Gasteiger partial charge in [-0.2, -0.15) is 0 Å². The van der Waals surface area contributed by atoms with Crippen molar-refractivity contribution in [3.63, 3.8) is 0 Å². The third-order valence-corrected chi connectivity index (χ3v) is 2.98. The number of aliphatic carboxylic acids is 1. The zero-order valence-electron chi connectivity index (χ0n) is 8.91. The number of carboxylic acid groups (broad SMARTS) is 1. The number of carbonyl (C=O) groups is 1. The van der Waals surface area contributed by atoms with Crippen LogP contribution in [-0.2, 0) is 4.79 Å². The van der Waals surface area contributed by atoms with Crippen LogP contribution in [0.4, 0.5) is 4.39 Å². The number of phenols is 1. The zero-order chi connectivity index (χ0) is 13.2. The van der Waals surface area contributed by atoms with Gasteiger partial charge in [-0.1, -0.05) is 0 Å². The van der Waals surface area contributed by atoms with Gasteiger partial charge in [0, 0.05) is 17.7 Å². The summed E-state index contributed by atoms with van der Waals surface area (Å²) in [5.41, 5.74) is 5.57. The minimum Gasteiger partial charge on any atom is -0.504 e. The fourth-order valence-corrected chi connectivity index (χ4v) is 1.99. The van der Waals surface area contributed by atoms with E-state index >= 15 is 0 Å². The summed E-state index contributed by atoms with van der Waals surface area (Å²) in [6, 6.07) is -0.0531. The van der Waals surface area contributed by atoms with E-state index in [1.807, 2.05) is 0 Å². The van der Waals surface area contributed by atoms with Crippen LogP contribution in [0, 0.1) is 5.82 Å². The van der Waals surface area contributed by atoms with Crippen LogP contribution in [0.25, 0.3) is 0 Å². The highest BCUT2D eigenvalue weighted by molar-refractivity contribution is 9.10. The molecule has 0 amide bonds. The third kappa shape index (κ3) is 2.86. The molecule has 0 aromatic heterocycles. The van der Waals surface area contributed by atoms with Gasteiger partial charge in [-0.15, -0.1) is 0 Å². The molecule has 0 radical (unpaired) electrons. The van der Waals surface area contributed by atoms with Crippen LogP contribution in [0.3, 0.4) is 0 Å². The Kier molecular flexibility index (Phi) is 4.30. The lowest BCUT2D eigenvalue weighted by molar-refractivity contribution is -0.137. The molecule has 1 unspecified atom stereocenters. The van der Waals surface area contributed by atoms with Gasteiger partial charge in [0.2, 0.25) is 0 Å². The summed E-state index contributed by atoms with van der Waals surface area (Å²) >= 11 is 2.92. The van der Waals surface area contributed by atoms with Gasteiger partial charge in [0.25, 0.3) is 0 Å². The smallest absolute Gasteiger partial charge is 0.305 e. The number of phenolic OH excluding ortho intramolecular Hbond substituents is 1. The summed E-state index contributed by atoms with van der Waals surface area (Å²) in [4.78, 5) is 10.5. The minimum atomic E-state index is -1.15. The van der Waals surface area contributed by atoms with Crippen molar-refractivity contribution in [2.75, 3.05) is 7.11 Å². The van der Waals surface area contributed by atoms with Gasteiger partial charge in [-0.25, -0.2) is 4.39 Å². The normalized spacial score (nSPS) is 12.2. The molecule has 0 fully saturated rings. The molecule has 0 bridgehead atoms. The second-order valence-electron chi connectivity index (χ2n) is 3.34. The second-order valence-corrected chi connectivity index (χ2v) is 4.13. The topological polar surface area (TPSA) is 92.8 Å². The number of methoxy groups -OCH3 is 1. The quantitative estimate of drug-likeness (QED) is 0.788. The predicted octanol–water partition coefficient (Wildman–Crippen LogP) is 1.78. The number of nitrogens with two attached hydrogens (primary N) is 1. The van der Waals surface area contributed by atoms with Crippen LogP contribution in [0.15, 0.2) is 10.5 Å². The second kappa shape index (κ2) is 5.33. The first-order valence-corrected chi connectivity index (χ1v) is 5.40. The molecule has 0 saturated heterocycles. The molecule has 1 aromatic carbocycles. The Hall–Kier alpha value is -1.34. The van der Waals surface area contributed by atoms with Gasteiger partial charge in [0.05, 0.1) is 18.0 Å². The van der Waals surface area contributed by atoms with E-state index in [9.17, 15) is 14.3 Å². The number of benzene rings is 1. The number of rotatable bonds is 4. The van der Waals surface area contributed by atoms with Crippen LogP contribution in [0.2, 0.25) is 0 Å². The van der Waals surface area contributed by atoms with Gasteiger partial charge in [0.15, 0.2) is 11.5 Å². The number of hydrogen-bond acceptors (Lipinski definition) is 4. The molecule has 0 heterocycles. The molecule has 0 aliphatic rings. The molecular weight excluding hydrogens is 297 g/mol. The van der Waals surface area contributed by atoms with Gasteiger partial charge < -0.3 is 20.7 Å². The van der Waals surface area contributed by atoms with Crippen molar-refractivity contribution in [2.45, 2.75) is 12.5 Å². The maximum absolute atomic E-state index is 13.5. The molecule has 4 N–H and O–H groups in total. The first-order chi connectivity index (χ1) is 7.88. The Morgan fingerprint density at radius 3 is 2.76 bits per heavy atom. The maximum atomic E-state index is 13.5. The standard InChI is InChI=1S/C10H11BrFNO4/c1-17-6-2-4(12)9(11)8(10(6)16)5(13)3-7(14)15/h2,5,16H,3,13H2,1H3,(H,14,15). The Morgan fingerprint density at radius 1 is 1.71 bits per heavy atom. The Labute approximate surface area is 105 Å². The SMILES string of the molecule is COc1cc(F)c(Br)c(C(N)CC(=O)O)c1O. The van der Waals surface area contributed by atoms with Crippen LogP contribution in [0.5, 0.6) is 11.5 Å². The lowest BCUT2D eigenvalue weighted by atomic mass is 10.0. The average molecular weight is 308 g/mol. The highest BCUT2D eigenvalue weighted by Crippen LogP contribution is 2.40. The summed E-state index contributed by atoms with van der Waals surface area (Å²) in [6.45, 7) is 0. The molecule has 0 spiro atoms. The summed E-state index contributed by atoms with van der Waals surface area (Å²) < 4.78 is 18.2. The van der Waals surface area contributed by atoms with E-state index in [4.69, 9.17) is 15.6 Å². The lowest BCUT2D eigenvalue weighted by Crippen LogP contribution is -2.16. The molecule has 1 aromatic rings. The van der Waals surface area contributed by atoms with Crippen molar-refractivity contribution < 1.29 is 24.1 Å². The summed E-state index contributed by atoms with van der Waals surface area (Å²) in [7, 11) is 1.26. The van der Waals surface area contributed by atoms with Crippen molar-refractivity contribution in [3.8, 4) is 11.5 Å². The maximum Gasteiger partial charge on any atom is 0.305 e. The van der Waals surface area contributed by atoms with Crippen LogP contribution >= 0.6 is 15.9 Å². The van der Waals surface area contributed by atoms with Crippen LogP contribution in [-0.4, -0.2) is 23.3 Å². The number of halogens is 2. The fourth-order valence-electron chi connectivity index (χ4n) is 1.40. The average Bonchev–Trinajstić information content (AvgIpc) is 2.22. The van der Waals surface area contributed by atoms with E-state index in [2.05, 4.69) is 15.9 Å². The third-order valence-electron chi connectivity index (χ3n) is 2.18. The number of carboxylic acids is 1. The van der Waals surface area contributed by atoms with Gasteiger partial charge in [-0.05, 0) is 15.9 Å². The van der Waals surface area contributed by atoms with E-state index < -0.39 is 24.2 Å². The van der Waals surface area contributed by atoms with Crippen molar-refractivity contribution in [1.29, 1.82) is 0 Å². The Morgan fingerprint density at radius 2 is 2.29 bits per heavy atom. The van der Waals surface area contributed by atoms with Gasteiger partial charge in [-0.3, -0.25) is 4.79 Å². The molecule has 0 aliphatic carbocycles. The van der Waals surface area contributed by atoms with E-state index in [-0.39, 0.29) is 21.5 Å². The predicted molar refractivity (Wildman–Crippen MR) is 61.5 cm³/mol. The first-order valence-electron chi connectivity index (χ1n) is 4.60. The van der Waals surface area contributed by atoms with Crippen molar-refractivity contribution in [1.82, 2.24) is 0 Å². The number of ether oxygens (including phenoxy) is 1. The van der Waals surface area contributed by atoms with E-state index in [1.165, 1.54) is 7.11 Å². The highest BCUT2D eigenvalue weighted by Gasteiger charge is 2.23. The fraction of sp³-hybridized carbons (Fsp3) is 0.300. The molecule has 0 aliphatic heterocycles. The first kappa shape index (κ1) is 13.7. The Bertz CT molecular complexity index is 452. The largest absolute Gasteiger partial charge is 0.504 e. The summed E-state index contributed by atoms with van der Waals surface area (Å²) in [5.74, 6) is -2.29. The van der Waals surface area contributed by atoms with E-state index in [0.29, 0.717) is 0 Å². The van der Waals surface area contributed by atoms with Gasteiger partial charge in [0.1, 0.15) is 5.82 Å². The Balaban J connectivity index is 3.30. The van der Waals surface area contributed by atoms with E-state index in [0.717, 1.165) is 6.07 Å². The van der Waals surface area contributed by atoms with Crippen LogP contribution in [0.1, 0.15) is 18.0 Å². The van der Waals surface area contributed by atoms with E-state index in [1.54, 1.807) is 0 Å². The minimum absolute atomic E-state index is 0.0238. The highest BCUT2D eigenvalue weighted by atomic mass is 79.9. The monoisotopic (exact) mass is 307 g/mol. The van der Waals surface area contributed by atoms with Crippen molar-refractivity contribution in [3.05, 3.63) is 21.9 Å². The molecule has 5 nitrogen and oxygen atoms in total. The summed E-state index contributed by atoms with van der Waals surface area (Å²) in [5, 5.41) is 18.4. The lowest BCUT2D eigenvalue weighted by Gasteiger charge is -2.16. The van der Waals surface area contributed by atoms with Crippen molar-refractivity contribution in [2.24, 2.45) is 5.73 Å². The van der Waals surface area contributed by atoms with Crippen LogP contribution < -0.4 is 10.5 Å². The molecule has 7 heteroatoms. The van der Waals surface area contributed by atoms with Crippen molar-refractivity contribution >= 4 is 21.9 Å². The molecule has 1 atom stereocenters. The molecule has 17 heavy (non-hydrogen) atoms. The zero-order valence-corrected chi connectivity index (χ0v) is 10.5. The van der Waals surface area contributed by atoms with Gasteiger partial charge >= 0.3 is 5.97 Å². The number of aromatic hydroxyl groups is 1. The molecule has 94 valence electrons. The molecule has 1 rings (SSSR count). The molecular formula is C10H11BrFNO4.